The van der Waals surface area contributed by atoms with Crippen LogP contribution in [0.3, 0.4) is 0 Å². The molecule has 0 atom stereocenters. The van der Waals surface area contributed by atoms with Crippen molar-refractivity contribution in [2.24, 2.45) is 0 Å². The van der Waals surface area contributed by atoms with Crippen molar-refractivity contribution in [3.63, 3.8) is 0 Å². The summed E-state index contributed by atoms with van der Waals surface area (Å²) in [5.41, 5.74) is 3.93. The molecule has 1 aliphatic rings. The van der Waals surface area contributed by atoms with Crippen molar-refractivity contribution in [3.8, 4) is 17.2 Å². The molecule has 37 heavy (non-hydrogen) atoms. The minimum Gasteiger partial charge on any atom is -0.453 e. The van der Waals surface area contributed by atoms with Crippen LogP contribution >= 0.6 is 11.6 Å². The SMILES string of the molecule is CC(C)NC(=O)c1cccc(Nc2c(Oc3ccc4c(c3)CCC4)cnn(-c3cccc(Cl)c3)c2=O)c1. The summed E-state index contributed by atoms with van der Waals surface area (Å²) in [5.74, 6) is 0.716. The predicted octanol–water partition coefficient (Wildman–Crippen LogP) is 6.05. The van der Waals surface area contributed by atoms with Crippen LogP contribution in [0.1, 0.15) is 41.8 Å². The van der Waals surface area contributed by atoms with Gasteiger partial charge in [-0.1, -0.05) is 29.8 Å². The average Bonchev–Trinajstić information content (AvgIpc) is 3.34. The van der Waals surface area contributed by atoms with Gasteiger partial charge in [-0.15, -0.1) is 0 Å². The minimum atomic E-state index is -0.419. The number of fused-ring (bicyclic) bond motifs is 1. The molecular formula is C29H27ClN4O3. The fourth-order valence-corrected chi connectivity index (χ4v) is 4.57. The molecule has 5 rings (SSSR count). The number of benzene rings is 3. The Morgan fingerprint density at radius 1 is 1.03 bits per heavy atom. The number of carbonyl (C=O) groups excluding carboxylic acids is 1. The van der Waals surface area contributed by atoms with Gasteiger partial charge in [-0.05, 0) is 92.8 Å². The Hall–Kier alpha value is -4.10. The van der Waals surface area contributed by atoms with Crippen LogP contribution < -0.4 is 20.9 Å². The molecule has 3 aromatic carbocycles. The van der Waals surface area contributed by atoms with Crippen molar-refractivity contribution in [1.82, 2.24) is 15.1 Å². The number of ether oxygens (including phenoxy) is 1. The first-order valence-corrected chi connectivity index (χ1v) is 12.6. The molecule has 7 nitrogen and oxygen atoms in total. The summed E-state index contributed by atoms with van der Waals surface area (Å²) < 4.78 is 7.45. The molecule has 0 aliphatic heterocycles. The van der Waals surface area contributed by atoms with E-state index in [0.29, 0.717) is 27.7 Å². The lowest BCUT2D eigenvalue weighted by Gasteiger charge is -2.16. The molecule has 4 aromatic rings. The van der Waals surface area contributed by atoms with Gasteiger partial charge in [0.15, 0.2) is 11.4 Å². The van der Waals surface area contributed by atoms with E-state index < -0.39 is 5.56 Å². The van der Waals surface area contributed by atoms with Crippen molar-refractivity contribution >= 4 is 28.9 Å². The number of anilines is 2. The van der Waals surface area contributed by atoms with Crippen molar-refractivity contribution in [2.45, 2.75) is 39.2 Å². The lowest BCUT2D eigenvalue weighted by molar-refractivity contribution is 0.0943. The second kappa shape index (κ2) is 10.5. The van der Waals surface area contributed by atoms with Gasteiger partial charge in [0.2, 0.25) is 0 Å². The summed E-state index contributed by atoms with van der Waals surface area (Å²) in [6.45, 7) is 3.80. The molecule has 0 radical (unpaired) electrons. The van der Waals surface area contributed by atoms with Gasteiger partial charge >= 0.3 is 0 Å². The second-order valence-electron chi connectivity index (χ2n) is 9.30. The topological polar surface area (TPSA) is 85.2 Å². The highest BCUT2D eigenvalue weighted by atomic mass is 35.5. The molecule has 1 aliphatic carbocycles. The van der Waals surface area contributed by atoms with E-state index in [4.69, 9.17) is 16.3 Å². The van der Waals surface area contributed by atoms with E-state index in [1.165, 1.54) is 22.0 Å². The van der Waals surface area contributed by atoms with E-state index in [2.05, 4.69) is 21.8 Å². The highest BCUT2D eigenvalue weighted by Crippen LogP contribution is 2.32. The number of hydrogen-bond donors (Lipinski definition) is 2. The largest absolute Gasteiger partial charge is 0.453 e. The molecular weight excluding hydrogens is 488 g/mol. The van der Waals surface area contributed by atoms with Gasteiger partial charge < -0.3 is 15.4 Å². The number of nitrogens with one attached hydrogen (secondary N) is 2. The van der Waals surface area contributed by atoms with E-state index in [-0.39, 0.29) is 23.4 Å². The third-order valence-corrected chi connectivity index (χ3v) is 6.34. The van der Waals surface area contributed by atoms with Crippen molar-refractivity contribution < 1.29 is 9.53 Å². The summed E-state index contributed by atoms with van der Waals surface area (Å²) >= 11 is 6.16. The van der Waals surface area contributed by atoms with Gasteiger partial charge in [-0.2, -0.15) is 9.78 Å². The number of amides is 1. The van der Waals surface area contributed by atoms with E-state index in [0.717, 1.165) is 19.3 Å². The smallest absolute Gasteiger partial charge is 0.299 e. The Morgan fingerprint density at radius 3 is 2.65 bits per heavy atom. The first-order chi connectivity index (χ1) is 17.9. The Labute approximate surface area is 220 Å². The number of rotatable bonds is 7. The zero-order valence-electron chi connectivity index (χ0n) is 20.6. The molecule has 1 aromatic heterocycles. The van der Waals surface area contributed by atoms with E-state index in [1.54, 1.807) is 48.5 Å². The third kappa shape index (κ3) is 5.52. The molecule has 0 unspecified atom stereocenters. The normalized spacial score (nSPS) is 12.3. The summed E-state index contributed by atoms with van der Waals surface area (Å²) in [5, 5.41) is 10.9. The van der Waals surface area contributed by atoms with Crippen LogP contribution in [0.4, 0.5) is 11.4 Å². The number of nitrogens with zero attached hydrogens (tertiary/aromatic N) is 2. The van der Waals surface area contributed by atoms with Crippen LogP contribution in [0, 0.1) is 0 Å². The average molecular weight is 515 g/mol. The van der Waals surface area contributed by atoms with Gasteiger partial charge in [0.1, 0.15) is 5.75 Å². The first kappa shape index (κ1) is 24.6. The zero-order valence-corrected chi connectivity index (χ0v) is 21.4. The second-order valence-corrected chi connectivity index (χ2v) is 9.74. The van der Waals surface area contributed by atoms with E-state index in [9.17, 15) is 9.59 Å². The Morgan fingerprint density at radius 2 is 1.84 bits per heavy atom. The number of hydrogen-bond acceptors (Lipinski definition) is 5. The van der Waals surface area contributed by atoms with Crippen molar-refractivity contribution in [2.75, 3.05) is 5.32 Å². The predicted molar refractivity (Wildman–Crippen MR) is 146 cm³/mol. The summed E-state index contributed by atoms with van der Waals surface area (Å²) in [6.07, 6.45) is 4.72. The molecule has 1 heterocycles. The fraction of sp³-hybridized carbons (Fsp3) is 0.207. The van der Waals surface area contributed by atoms with Crippen molar-refractivity contribution in [1.29, 1.82) is 0 Å². The molecule has 8 heteroatoms. The van der Waals surface area contributed by atoms with E-state index >= 15 is 0 Å². The van der Waals surface area contributed by atoms with Crippen LogP contribution in [0.5, 0.6) is 11.5 Å². The molecule has 2 N–H and O–H groups in total. The molecule has 0 saturated heterocycles. The Kier molecular flexibility index (Phi) is 6.97. The lowest BCUT2D eigenvalue weighted by Crippen LogP contribution is -2.30. The summed E-state index contributed by atoms with van der Waals surface area (Å²) in [7, 11) is 0. The molecule has 0 saturated carbocycles. The van der Waals surface area contributed by atoms with Gasteiger partial charge in [0.25, 0.3) is 11.5 Å². The van der Waals surface area contributed by atoms with E-state index in [1.807, 2.05) is 26.0 Å². The quantitative estimate of drug-likeness (QED) is 0.313. The number of halogens is 1. The molecule has 0 fully saturated rings. The van der Waals surface area contributed by atoms with Crippen LogP contribution in [0.2, 0.25) is 5.02 Å². The molecule has 188 valence electrons. The Bertz CT molecular complexity index is 1530. The maximum absolute atomic E-state index is 13.7. The number of aromatic nitrogens is 2. The fourth-order valence-electron chi connectivity index (χ4n) is 4.39. The first-order valence-electron chi connectivity index (χ1n) is 12.2. The number of aryl methyl sites for hydroxylation is 2. The molecule has 0 bridgehead atoms. The van der Waals surface area contributed by atoms with Gasteiger partial charge in [-0.3, -0.25) is 9.59 Å². The van der Waals surface area contributed by atoms with Crippen molar-refractivity contribution in [3.05, 3.63) is 105 Å². The van der Waals surface area contributed by atoms with Crippen LogP contribution in [0.25, 0.3) is 5.69 Å². The maximum atomic E-state index is 13.7. The Balaban J connectivity index is 1.55. The van der Waals surface area contributed by atoms with Gasteiger partial charge in [-0.25, -0.2) is 0 Å². The maximum Gasteiger partial charge on any atom is 0.299 e. The monoisotopic (exact) mass is 514 g/mol. The third-order valence-electron chi connectivity index (χ3n) is 6.11. The van der Waals surface area contributed by atoms with Gasteiger partial charge in [0, 0.05) is 22.3 Å². The zero-order chi connectivity index (χ0) is 25.9. The highest BCUT2D eigenvalue weighted by molar-refractivity contribution is 6.30. The standard InChI is InChI=1S/C29H27ClN4O3/c1-18(2)32-28(35)21-8-4-10-23(14-21)33-27-26(37-25-13-12-19-6-3-7-20(19)15-25)17-31-34(29(27)36)24-11-5-9-22(30)16-24/h4-5,8-18,33H,3,6-7H2,1-2H3,(H,32,35). The number of carbonyl (C=O) groups is 1. The van der Waals surface area contributed by atoms with Crippen LogP contribution in [0.15, 0.2) is 77.7 Å². The lowest BCUT2D eigenvalue weighted by atomic mass is 10.1. The minimum absolute atomic E-state index is 0.00142. The molecule has 1 amide bonds. The van der Waals surface area contributed by atoms with Crippen LogP contribution in [-0.2, 0) is 12.8 Å². The summed E-state index contributed by atoms with van der Waals surface area (Å²) in [4.78, 5) is 26.2. The van der Waals surface area contributed by atoms with Gasteiger partial charge in [0.05, 0.1) is 11.9 Å². The summed E-state index contributed by atoms with van der Waals surface area (Å²) in [6, 6.07) is 19.9. The highest BCUT2D eigenvalue weighted by Gasteiger charge is 2.18. The van der Waals surface area contributed by atoms with Crippen LogP contribution in [-0.4, -0.2) is 21.7 Å². The molecule has 0 spiro atoms.